The van der Waals surface area contributed by atoms with Crippen LogP contribution in [0.2, 0.25) is 0 Å². The summed E-state index contributed by atoms with van der Waals surface area (Å²) in [5.41, 5.74) is 0. The molecule has 111 valence electrons. The van der Waals surface area contributed by atoms with Gasteiger partial charge in [0.1, 0.15) is 0 Å². The summed E-state index contributed by atoms with van der Waals surface area (Å²) >= 11 is 0. The summed E-state index contributed by atoms with van der Waals surface area (Å²) in [4.78, 5) is 0. The van der Waals surface area contributed by atoms with Crippen molar-refractivity contribution in [3.63, 3.8) is 0 Å². The fourth-order valence-corrected chi connectivity index (χ4v) is 7.93. The van der Waals surface area contributed by atoms with Crippen LogP contribution in [0.5, 0.6) is 0 Å². The van der Waals surface area contributed by atoms with Crippen LogP contribution < -0.4 is 15.9 Å². The summed E-state index contributed by atoms with van der Waals surface area (Å²) in [7, 11) is -1.98. The van der Waals surface area contributed by atoms with Gasteiger partial charge in [-0.15, -0.1) is 0 Å². The van der Waals surface area contributed by atoms with Crippen molar-refractivity contribution >= 4 is 23.2 Å². The molecule has 3 rings (SSSR count). The Bertz CT molecular complexity index is 593. The molecule has 0 aliphatic heterocycles. The summed E-state index contributed by atoms with van der Waals surface area (Å²) < 4.78 is 0. The normalized spacial score (nSPS) is 12.0. The second-order valence-corrected chi connectivity index (χ2v) is 9.57. The fraction of sp³-hybridized carbons (Fsp3) is 0.0952. The SMILES string of the molecule is C[CH]C[PH](c1ccccc1)(c1ccccc1)c1ccccc1. The van der Waals surface area contributed by atoms with E-state index in [9.17, 15) is 0 Å². The summed E-state index contributed by atoms with van der Waals surface area (Å²) in [5.74, 6) is 0. The van der Waals surface area contributed by atoms with E-state index in [1.807, 2.05) is 0 Å². The maximum absolute atomic E-state index is 2.33. The zero-order valence-corrected chi connectivity index (χ0v) is 13.9. The standard InChI is InChI=1S/C21H22P/c1-2-18-22(19-12-6-3-7-13-19,20-14-8-4-9-15-20)21-16-10-5-11-17-21/h2-17,22H,18H2,1H3. The van der Waals surface area contributed by atoms with Gasteiger partial charge in [0.15, 0.2) is 0 Å². The van der Waals surface area contributed by atoms with E-state index in [0.29, 0.717) is 0 Å². The maximum atomic E-state index is 2.33. The molecule has 1 radical (unpaired) electrons. The van der Waals surface area contributed by atoms with Crippen LogP contribution in [0.3, 0.4) is 0 Å². The van der Waals surface area contributed by atoms with E-state index in [1.54, 1.807) is 0 Å². The minimum atomic E-state index is -1.98. The Balaban J connectivity index is 2.29. The Labute approximate surface area is 134 Å². The molecule has 0 saturated carbocycles. The van der Waals surface area contributed by atoms with E-state index in [1.165, 1.54) is 15.9 Å². The Morgan fingerprint density at radius 1 is 0.591 bits per heavy atom. The van der Waals surface area contributed by atoms with E-state index in [0.717, 1.165) is 6.16 Å². The van der Waals surface area contributed by atoms with E-state index >= 15 is 0 Å². The zero-order chi connectivity index (χ0) is 15.3. The van der Waals surface area contributed by atoms with Crippen molar-refractivity contribution in [2.24, 2.45) is 0 Å². The van der Waals surface area contributed by atoms with Crippen LogP contribution in [0.25, 0.3) is 0 Å². The molecule has 3 aromatic carbocycles. The van der Waals surface area contributed by atoms with Gasteiger partial charge in [0.05, 0.1) is 0 Å². The van der Waals surface area contributed by atoms with Gasteiger partial charge in [-0.3, -0.25) is 0 Å². The molecule has 3 aromatic rings. The Morgan fingerprint density at radius 2 is 0.909 bits per heavy atom. The molecule has 22 heavy (non-hydrogen) atoms. The molecular formula is C21H22P. The molecule has 0 aliphatic carbocycles. The molecule has 0 atom stereocenters. The molecule has 0 unspecified atom stereocenters. The molecule has 0 nitrogen and oxygen atoms in total. The quantitative estimate of drug-likeness (QED) is 0.626. The fourth-order valence-electron chi connectivity index (χ4n) is 3.33. The Morgan fingerprint density at radius 3 is 1.18 bits per heavy atom. The van der Waals surface area contributed by atoms with Crippen molar-refractivity contribution in [1.82, 2.24) is 0 Å². The molecule has 0 spiro atoms. The molecule has 0 N–H and O–H groups in total. The van der Waals surface area contributed by atoms with Gasteiger partial charge in [0, 0.05) is 0 Å². The summed E-state index contributed by atoms with van der Waals surface area (Å²) in [6, 6.07) is 33.1. The molecular weight excluding hydrogens is 283 g/mol. The third-order valence-electron chi connectivity index (χ3n) is 4.31. The summed E-state index contributed by atoms with van der Waals surface area (Å²) in [5, 5.41) is 4.43. The van der Waals surface area contributed by atoms with Gasteiger partial charge in [0.2, 0.25) is 0 Å². The van der Waals surface area contributed by atoms with Crippen LogP contribution >= 0.6 is 7.26 Å². The molecule has 1 heteroatoms. The van der Waals surface area contributed by atoms with Crippen molar-refractivity contribution in [3.8, 4) is 0 Å². The first-order chi connectivity index (χ1) is 10.9. The topological polar surface area (TPSA) is 0 Å². The zero-order valence-electron chi connectivity index (χ0n) is 12.9. The monoisotopic (exact) mass is 305 g/mol. The van der Waals surface area contributed by atoms with Gasteiger partial charge in [-0.25, -0.2) is 0 Å². The molecule has 0 saturated heterocycles. The molecule has 0 fully saturated rings. The number of hydrogen-bond donors (Lipinski definition) is 0. The van der Waals surface area contributed by atoms with Crippen LogP contribution in [-0.2, 0) is 0 Å². The van der Waals surface area contributed by atoms with E-state index in [4.69, 9.17) is 0 Å². The molecule has 0 amide bonds. The first kappa shape index (κ1) is 15.0. The van der Waals surface area contributed by atoms with Crippen LogP contribution in [0.1, 0.15) is 6.92 Å². The third kappa shape index (κ3) is 2.72. The van der Waals surface area contributed by atoms with Crippen molar-refractivity contribution in [2.45, 2.75) is 6.92 Å². The minimum absolute atomic E-state index is 1.12. The molecule has 0 aromatic heterocycles. The van der Waals surface area contributed by atoms with Gasteiger partial charge < -0.3 is 0 Å². The van der Waals surface area contributed by atoms with E-state index < -0.39 is 7.26 Å². The molecule has 0 bridgehead atoms. The van der Waals surface area contributed by atoms with Gasteiger partial charge in [-0.1, -0.05) is 0 Å². The van der Waals surface area contributed by atoms with E-state index in [-0.39, 0.29) is 0 Å². The number of hydrogen-bond acceptors (Lipinski definition) is 0. The van der Waals surface area contributed by atoms with Gasteiger partial charge in [-0.2, -0.15) is 0 Å². The number of benzene rings is 3. The van der Waals surface area contributed by atoms with Crippen molar-refractivity contribution < 1.29 is 0 Å². The second kappa shape index (κ2) is 6.90. The summed E-state index contributed by atoms with van der Waals surface area (Å²) in [6.45, 7) is 2.18. The van der Waals surface area contributed by atoms with Crippen LogP contribution in [0, 0.1) is 6.42 Å². The van der Waals surface area contributed by atoms with Crippen LogP contribution in [-0.4, -0.2) is 6.16 Å². The van der Waals surface area contributed by atoms with Gasteiger partial charge in [-0.05, 0) is 0 Å². The van der Waals surface area contributed by atoms with E-state index in [2.05, 4.69) is 104 Å². The van der Waals surface area contributed by atoms with Crippen LogP contribution in [0.4, 0.5) is 0 Å². The third-order valence-corrected chi connectivity index (χ3v) is 9.29. The van der Waals surface area contributed by atoms with Crippen LogP contribution in [0.15, 0.2) is 91.0 Å². The van der Waals surface area contributed by atoms with Gasteiger partial charge >= 0.3 is 134 Å². The number of rotatable bonds is 5. The van der Waals surface area contributed by atoms with Crippen molar-refractivity contribution in [2.75, 3.05) is 6.16 Å². The molecule has 0 heterocycles. The van der Waals surface area contributed by atoms with Gasteiger partial charge in [0.25, 0.3) is 0 Å². The van der Waals surface area contributed by atoms with Crippen molar-refractivity contribution in [3.05, 3.63) is 97.4 Å². The Kier molecular flexibility index (Phi) is 4.71. The first-order valence-corrected chi connectivity index (χ1v) is 10.0. The second-order valence-electron chi connectivity index (χ2n) is 5.62. The predicted octanol–water partition coefficient (Wildman–Crippen LogP) is 3.94. The Hall–Kier alpha value is -1.91. The van der Waals surface area contributed by atoms with Crippen molar-refractivity contribution in [1.29, 1.82) is 0 Å². The summed E-state index contributed by atoms with van der Waals surface area (Å²) in [6.07, 6.45) is 3.45. The molecule has 0 aliphatic rings. The first-order valence-electron chi connectivity index (χ1n) is 7.82. The average molecular weight is 305 g/mol. The average Bonchev–Trinajstić information content (AvgIpc) is 2.62. The predicted molar refractivity (Wildman–Crippen MR) is 101 cm³/mol.